The van der Waals surface area contributed by atoms with Crippen molar-refractivity contribution >= 4 is 5.82 Å². The first-order valence-corrected chi connectivity index (χ1v) is 9.93. The zero-order chi connectivity index (χ0) is 19.5. The van der Waals surface area contributed by atoms with E-state index in [-0.39, 0.29) is 11.5 Å². The van der Waals surface area contributed by atoms with Crippen LogP contribution in [0.15, 0.2) is 29.1 Å². The summed E-state index contributed by atoms with van der Waals surface area (Å²) in [5.74, 6) is 0.873. The van der Waals surface area contributed by atoms with Crippen molar-refractivity contribution in [3.8, 4) is 11.3 Å². The maximum atomic E-state index is 12.4. The Bertz CT molecular complexity index is 900. The van der Waals surface area contributed by atoms with E-state index >= 15 is 0 Å². The number of nitrogens with zero attached hydrogens (tertiary/aromatic N) is 1. The molecule has 1 atom stereocenters. The first-order valence-electron chi connectivity index (χ1n) is 9.93. The molecule has 0 amide bonds. The summed E-state index contributed by atoms with van der Waals surface area (Å²) in [6.45, 7) is 3.49. The summed E-state index contributed by atoms with van der Waals surface area (Å²) >= 11 is 0. The van der Waals surface area contributed by atoms with Gasteiger partial charge in [0.15, 0.2) is 5.43 Å². The van der Waals surface area contributed by atoms with Crippen LogP contribution in [0.25, 0.3) is 11.3 Å². The number of hydrogen-bond donors (Lipinski definition) is 1. The third-order valence-corrected chi connectivity index (χ3v) is 5.65. The Kier molecular flexibility index (Phi) is 5.80. The minimum absolute atomic E-state index is 0.0169. The lowest BCUT2D eigenvalue weighted by molar-refractivity contribution is 0.120. The zero-order valence-electron chi connectivity index (χ0n) is 16.6. The molecule has 150 valence electrons. The second-order valence-corrected chi connectivity index (χ2v) is 7.47. The average Bonchev–Trinajstić information content (AvgIpc) is 3.21. The number of ether oxygens (including phenoxy) is 3. The number of anilines is 1. The summed E-state index contributed by atoms with van der Waals surface area (Å²) in [7, 11) is 3.42. The van der Waals surface area contributed by atoms with Gasteiger partial charge < -0.3 is 24.1 Å². The molecule has 2 aliphatic rings. The number of nitrogens with one attached hydrogen (secondary N) is 1. The number of pyridine rings is 1. The van der Waals surface area contributed by atoms with E-state index < -0.39 is 0 Å². The van der Waals surface area contributed by atoms with E-state index in [0.29, 0.717) is 13.2 Å². The van der Waals surface area contributed by atoms with Crippen LogP contribution in [0.5, 0.6) is 0 Å². The van der Waals surface area contributed by atoms with E-state index in [1.54, 1.807) is 26.4 Å². The van der Waals surface area contributed by atoms with E-state index in [0.717, 1.165) is 61.6 Å². The molecule has 1 fully saturated rings. The average molecular weight is 384 g/mol. The van der Waals surface area contributed by atoms with Crippen molar-refractivity contribution in [2.45, 2.75) is 45.1 Å². The largest absolute Gasteiger partial charge is 0.380 e. The quantitative estimate of drug-likeness (QED) is 0.795. The van der Waals surface area contributed by atoms with Crippen molar-refractivity contribution in [3.63, 3.8) is 0 Å². The van der Waals surface area contributed by atoms with Crippen LogP contribution < -0.4 is 10.7 Å². The molecule has 1 aromatic carbocycles. The third-order valence-electron chi connectivity index (χ3n) is 5.65. The minimum Gasteiger partial charge on any atom is -0.380 e. The monoisotopic (exact) mass is 384 g/mol. The number of hydrogen-bond acceptors (Lipinski definition) is 5. The summed E-state index contributed by atoms with van der Waals surface area (Å²) < 4.78 is 18.7. The predicted octanol–water partition coefficient (Wildman–Crippen LogP) is 2.96. The lowest BCUT2D eigenvalue weighted by atomic mass is 9.90. The Morgan fingerprint density at radius 3 is 2.82 bits per heavy atom. The molecule has 6 heteroatoms. The highest BCUT2D eigenvalue weighted by molar-refractivity contribution is 5.70. The Morgan fingerprint density at radius 1 is 1.21 bits per heavy atom. The van der Waals surface area contributed by atoms with Crippen molar-refractivity contribution in [2.24, 2.45) is 0 Å². The Labute approximate surface area is 165 Å². The van der Waals surface area contributed by atoms with Gasteiger partial charge in [-0.25, -0.2) is 0 Å². The zero-order valence-corrected chi connectivity index (χ0v) is 16.6. The fourth-order valence-corrected chi connectivity index (χ4v) is 4.34. The van der Waals surface area contributed by atoms with E-state index in [9.17, 15) is 4.79 Å². The van der Waals surface area contributed by atoms with Gasteiger partial charge in [-0.3, -0.25) is 4.79 Å². The molecule has 28 heavy (non-hydrogen) atoms. The Morgan fingerprint density at radius 2 is 2.07 bits per heavy atom. The second kappa shape index (κ2) is 8.47. The molecule has 1 unspecified atom stereocenters. The molecule has 0 aliphatic carbocycles. The fourth-order valence-electron chi connectivity index (χ4n) is 4.34. The minimum atomic E-state index is 0.0169. The van der Waals surface area contributed by atoms with Gasteiger partial charge in [0.25, 0.3) is 0 Å². The topological polar surface area (TPSA) is 61.7 Å². The molecular weight excluding hydrogens is 356 g/mol. The highest BCUT2D eigenvalue weighted by atomic mass is 16.5. The fraction of sp³-hybridized carbons (Fsp3) is 0.500. The van der Waals surface area contributed by atoms with Crippen molar-refractivity contribution in [2.75, 3.05) is 32.7 Å². The van der Waals surface area contributed by atoms with Crippen LogP contribution in [-0.2, 0) is 40.4 Å². The van der Waals surface area contributed by atoms with Crippen LogP contribution in [-0.4, -0.2) is 38.0 Å². The van der Waals surface area contributed by atoms with Gasteiger partial charge >= 0.3 is 0 Å². The maximum absolute atomic E-state index is 12.4. The molecule has 3 heterocycles. The first-order chi connectivity index (χ1) is 13.7. The number of methoxy groups -OCH3 is 2. The van der Waals surface area contributed by atoms with Gasteiger partial charge in [0.1, 0.15) is 5.82 Å². The summed E-state index contributed by atoms with van der Waals surface area (Å²) in [5, 5.41) is 3.45. The molecule has 2 aromatic rings. The lowest BCUT2D eigenvalue weighted by Gasteiger charge is -2.28. The molecule has 1 aromatic heterocycles. The summed E-state index contributed by atoms with van der Waals surface area (Å²) in [4.78, 5) is 12.4. The first kappa shape index (κ1) is 19.2. The lowest BCUT2D eigenvalue weighted by Crippen LogP contribution is -2.25. The molecule has 0 spiro atoms. The van der Waals surface area contributed by atoms with Gasteiger partial charge in [-0.1, -0.05) is 12.1 Å². The Balaban J connectivity index is 1.72. The van der Waals surface area contributed by atoms with Crippen LogP contribution in [0.3, 0.4) is 0 Å². The molecule has 6 nitrogen and oxygen atoms in total. The number of fused-ring (bicyclic) bond motifs is 3. The summed E-state index contributed by atoms with van der Waals surface area (Å²) in [6, 6.07) is 7.63. The standard InChI is InChI=1S/C22H28N2O4/c1-26-13-15-5-6-19-18(20(15)14-27-2)7-8-24-21(19)10-16(25)11-22(24)23-12-17-4-3-9-28-17/h5-6,10-11,17,23H,3-4,7-9,12-14H2,1-2H3. The van der Waals surface area contributed by atoms with Crippen molar-refractivity contribution in [3.05, 3.63) is 51.2 Å². The van der Waals surface area contributed by atoms with Crippen LogP contribution >= 0.6 is 0 Å². The molecule has 2 aliphatic heterocycles. The molecule has 4 rings (SSSR count). The van der Waals surface area contributed by atoms with Crippen LogP contribution in [0, 0.1) is 0 Å². The predicted molar refractivity (Wildman–Crippen MR) is 109 cm³/mol. The summed E-state index contributed by atoms with van der Waals surface area (Å²) in [6.07, 6.45) is 3.31. The van der Waals surface area contributed by atoms with Gasteiger partial charge in [-0.05, 0) is 36.0 Å². The van der Waals surface area contributed by atoms with Gasteiger partial charge in [-0.2, -0.15) is 0 Å². The van der Waals surface area contributed by atoms with Crippen LogP contribution in [0.2, 0.25) is 0 Å². The number of aromatic nitrogens is 1. The van der Waals surface area contributed by atoms with E-state index in [1.165, 1.54) is 11.1 Å². The highest BCUT2D eigenvalue weighted by Crippen LogP contribution is 2.35. The molecule has 0 saturated carbocycles. The maximum Gasteiger partial charge on any atom is 0.184 e. The molecular formula is C22H28N2O4. The van der Waals surface area contributed by atoms with Crippen molar-refractivity contribution in [1.29, 1.82) is 0 Å². The van der Waals surface area contributed by atoms with Crippen molar-refractivity contribution in [1.82, 2.24) is 4.57 Å². The second-order valence-electron chi connectivity index (χ2n) is 7.47. The normalized spacial score (nSPS) is 18.0. The van der Waals surface area contributed by atoms with Gasteiger partial charge in [0.2, 0.25) is 0 Å². The van der Waals surface area contributed by atoms with E-state index in [4.69, 9.17) is 14.2 Å². The Hall–Kier alpha value is -2.15. The van der Waals surface area contributed by atoms with Crippen molar-refractivity contribution < 1.29 is 14.2 Å². The van der Waals surface area contributed by atoms with E-state index in [1.807, 2.05) is 0 Å². The van der Waals surface area contributed by atoms with Crippen LogP contribution in [0.1, 0.15) is 29.5 Å². The highest BCUT2D eigenvalue weighted by Gasteiger charge is 2.23. The number of benzene rings is 1. The van der Waals surface area contributed by atoms with Gasteiger partial charge in [0, 0.05) is 51.6 Å². The molecule has 1 saturated heterocycles. The summed E-state index contributed by atoms with van der Waals surface area (Å²) in [5.41, 5.74) is 5.67. The SMILES string of the molecule is COCc1ccc2c(c1COC)CCn1c(NCC3CCCO3)cc(=O)cc1-2. The molecule has 0 bridgehead atoms. The van der Waals surface area contributed by atoms with Gasteiger partial charge in [-0.15, -0.1) is 0 Å². The molecule has 0 radical (unpaired) electrons. The van der Waals surface area contributed by atoms with E-state index in [2.05, 4.69) is 22.0 Å². The third kappa shape index (κ3) is 3.72. The smallest absolute Gasteiger partial charge is 0.184 e. The number of rotatable bonds is 7. The van der Waals surface area contributed by atoms with Gasteiger partial charge in [0.05, 0.1) is 25.0 Å². The molecule has 1 N–H and O–H groups in total. The van der Waals surface area contributed by atoms with Crippen LogP contribution in [0.4, 0.5) is 5.82 Å².